The number of hydrogen-bond donors (Lipinski definition) is 0. The normalized spacial score (nSPS) is 11.2. The van der Waals surface area contributed by atoms with E-state index in [1.165, 1.54) is 0 Å². The predicted molar refractivity (Wildman–Crippen MR) is 249 cm³/mol. The van der Waals surface area contributed by atoms with Gasteiger partial charge >= 0.3 is 0 Å². The quantitative estimate of drug-likeness (QED) is 0.138. The van der Waals surface area contributed by atoms with Crippen molar-refractivity contribution < 1.29 is 8.83 Å². The lowest BCUT2D eigenvalue weighted by Crippen LogP contribution is -2.00. The first kappa shape index (κ1) is 36.6. The summed E-state index contributed by atoms with van der Waals surface area (Å²) in [5, 5.41) is 0. The fourth-order valence-electron chi connectivity index (χ4n) is 8.18. The zero-order valence-electron chi connectivity index (χ0n) is 33.5. The minimum atomic E-state index is 0.544. The maximum absolute atomic E-state index is 6.79. The number of oxazole rings is 2. The number of para-hydroxylation sites is 2. The average molecular weight is 799 g/mol. The first-order chi connectivity index (χ1) is 30.8. The van der Waals surface area contributed by atoms with E-state index in [4.69, 9.17) is 18.8 Å². The van der Waals surface area contributed by atoms with Gasteiger partial charge in [-0.2, -0.15) is 0 Å². The molecule has 4 heterocycles. The summed E-state index contributed by atoms with van der Waals surface area (Å²) in [6.07, 6.45) is 0. The van der Waals surface area contributed by atoms with Crippen molar-refractivity contribution >= 4 is 0 Å². The largest absolute Gasteiger partial charge is 0.435 e. The van der Waals surface area contributed by atoms with Crippen LogP contribution in [0.15, 0.2) is 239 Å². The predicted octanol–water partition coefficient (Wildman–Crippen LogP) is 14.6. The summed E-state index contributed by atoms with van der Waals surface area (Å²) >= 11 is 0. The molecule has 6 nitrogen and oxygen atoms in total. The van der Waals surface area contributed by atoms with Crippen LogP contribution in [0.25, 0.3) is 102 Å². The first-order valence-electron chi connectivity index (χ1n) is 20.7. The van der Waals surface area contributed by atoms with Crippen LogP contribution < -0.4 is 0 Å². The molecule has 0 amide bonds. The molecule has 294 valence electrons. The standard InChI is InChI=1S/C56H38N4O2/c1-7-19-39(20-8-1)47-35-37-49(59(47)45-27-15-5-16-28-45)51-53(61-55(57-51)43-23-11-3-12-24-43)41-31-33-42(34-32-41)54-52(58-56(62-54)44-25-13-4-14-26-44)50-38-36-48(40-21-9-2-10-22-40)60(50)46-29-17-6-18-30-46/h1-38H. The smallest absolute Gasteiger partial charge is 0.227 e. The summed E-state index contributed by atoms with van der Waals surface area (Å²) in [5.74, 6) is 2.42. The minimum Gasteiger partial charge on any atom is -0.435 e. The molecule has 4 aromatic heterocycles. The maximum Gasteiger partial charge on any atom is 0.227 e. The van der Waals surface area contributed by atoms with Gasteiger partial charge in [0.1, 0.15) is 11.4 Å². The van der Waals surface area contributed by atoms with Crippen molar-refractivity contribution in [2.75, 3.05) is 0 Å². The van der Waals surface area contributed by atoms with Crippen LogP contribution in [0.1, 0.15) is 0 Å². The summed E-state index contributed by atoms with van der Waals surface area (Å²) in [6.45, 7) is 0. The zero-order valence-corrected chi connectivity index (χ0v) is 33.5. The highest BCUT2D eigenvalue weighted by Crippen LogP contribution is 2.43. The molecule has 0 aliphatic carbocycles. The topological polar surface area (TPSA) is 61.9 Å². The van der Waals surface area contributed by atoms with E-state index < -0.39 is 0 Å². The van der Waals surface area contributed by atoms with Crippen LogP contribution >= 0.6 is 0 Å². The fourth-order valence-corrected chi connectivity index (χ4v) is 8.18. The molecule has 0 aliphatic rings. The van der Waals surface area contributed by atoms with Crippen molar-refractivity contribution in [3.05, 3.63) is 231 Å². The lowest BCUT2D eigenvalue weighted by molar-refractivity contribution is 0.587. The molecule has 0 saturated carbocycles. The Bertz CT molecular complexity index is 3020. The highest BCUT2D eigenvalue weighted by molar-refractivity contribution is 5.85. The zero-order chi connectivity index (χ0) is 41.2. The first-order valence-corrected chi connectivity index (χ1v) is 20.7. The Hall–Kier alpha value is -8.48. The van der Waals surface area contributed by atoms with Crippen molar-refractivity contribution in [3.8, 4) is 102 Å². The number of aromatic nitrogens is 4. The third kappa shape index (κ3) is 6.76. The van der Waals surface area contributed by atoms with Crippen LogP contribution in [-0.2, 0) is 0 Å². The van der Waals surface area contributed by atoms with Gasteiger partial charge in [-0.1, -0.05) is 158 Å². The molecule has 0 unspecified atom stereocenters. The van der Waals surface area contributed by atoms with Crippen LogP contribution in [0.4, 0.5) is 0 Å². The monoisotopic (exact) mass is 798 g/mol. The van der Waals surface area contributed by atoms with E-state index in [0.29, 0.717) is 23.3 Å². The Balaban J connectivity index is 1.07. The van der Waals surface area contributed by atoms with Crippen LogP contribution in [0.2, 0.25) is 0 Å². The molecule has 0 spiro atoms. The van der Waals surface area contributed by atoms with E-state index in [9.17, 15) is 0 Å². The molecular formula is C56H38N4O2. The Kier molecular flexibility index (Phi) is 9.41. The van der Waals surface area contributed by atoms with E-state index in [1.807, 2.05) is 84.9 Å². The summed E-state index contributed by atoms with van der Waals surface area (Å²) < 4.78 is 18.1. The van der Waals surface area contributed by atoms with Gasteiger partial charge < -0.3 is 18.0 Å². The van der Waals surface area contributed by atoms with Gasteiger partial charge in [0.25, 0.3) is 0 Å². The molecule has 0 atom stereocenters. The molecule has 62 heavy (non-hydrogen) atoms. The second-order valence-corrected chi connectivity index (χ2v) is 15.0. The molecule has 6 heteroatoms. The third-order valence-corrected chi connectivity index (χ3v) is 11.1. The molecule has 0 fully saturated rings. The van der Waals surface area contributed by atoms with Gasteiger partial charge in [0.15, 0.2) is 11.5 Å². The lowest BCUT2D eigenvalue weighted by atomic mass is 10.0. The summed E-state index contributed by atoms with van der Waals surface area (Å²) in [5.41, 5.74) is 13.2. The molecule has 0 N–H and O–H groups in total. The van der Waals surface area contributed by atoms with Crippen molar-refractivity contribution in [2.24, 2.45) is 0 Å². The van der Waals surface area contributed by atoms with Gasteiger partial charge in [-0.05, 0) is 83.9 Å². The van der Waals surface area contributed by atoms with Crippen molar-refractivity contribution in [1.82, 2.24) is 19.1 Å². The Morgan fingerprint density at radius 1 is 0.258 bits per heavy atom. The Morgan fingerprint density at radius 2 is 0.548 bits per heavy atom. The number of rotatable bonds is 10. The van der Waals surface area contributed by atoms with Gasteiger partial charge in [-0.15, -0.1) is 0 Å². The van der Waals surface area contributed by atoms with Crippen LogP contribution in [0.5, 0.6) is 0 Å². The third-order valence-electron chi connectivity index (χ3n) is 11.1. The lowest BCUT2D eigenvalue weighted by Gasteiger charge is -2.14. The Labute approximate surface area is 359 Å². The molecule has 0 saturated heterocycles. The highest BCUT2D eigenvalue weighted by Gasteiger charge is 2.26. The molecule has 0 radical (unpaired) electrons. The van der Waals surface area contributed by atoms with E-state index >= 15 is 0 Å². The van der Waals surface area contributed by atoms with Crippen molar-refractivity contribution in [3.63, 3.8) is 0 Å². The van der Waals surface area contributed by atoms with Crippen LogP contribution in [-0.4, -0.2) is 19.1 Å². The van der Waals surface area contributed by atoms with E-state index in [-0.39, 0.29) is 0 Å². The second kappa shape index (κ2) is 15.9. The summed E-state index contributed by atoms with van der Waals surface area (Å²) in [7, 11) is 0. The molecule has 11 rings (SSSR count). The van der Waals surface area contributed by atoms with E-state index in [1.54, 1.807) is 0 Å². The van der Waals surface area contributed by atoms with Gasteiger partial charge in [0.2, 0.25) is 11.8 Å². The van der Waals surface area contributed by atoms with Crippen molar-refractivity contribution in [1.29, 1.82) is 0 Å². The molecule has 0 aliphatic heterocycles. The summed E-state index contributed by atoms with van der Waals surface area (Å²) in [6, 6.07) is 78.8. The molecule has 7 aromatic carbocycles. The van der Waals surface area contributed by atoms with Gasteiger partial charge in [-0.3, -0.25) is 0 Å². The number of benzene rings is 7. The van der Waals surface area contributed by atoms with Gasteiger partial charge in [0.05, 0.1) is 22.8 Å². The van der Waals surface area contributed by atoms with Crippen molar-refractivity contribution in [2.45, 2.75) is 0 Å². The van der Waals surface area contributed by atoms with E-state index in [0.717, 1.165) is 78.9 Å². The minimum absolute atomic E-state index is 0.544. The average Bonchev–Trinajstić information content (AvgIpc) is 4.18. The second-order valence-electron chi connectivity index (χ2n) is 15.0. The van der Waals surface area contributed by atoms with Gasteiger partial charge in [-0.25, -0.2) is 9.97 Å². The molecule has 0 bridgehead atoms. The molecule has 11 aromatic rings. The number of nitrogens with zero attached hydrogens (tertiary/aromatic N) is 4. The van der Waals surface area contributed by atoms with Crippen LogP contribution in [0, 0.1) is 0 Å². The van der Waals surface area contributed by atoms with Crippen LogP contribution in [0.3, 0.4) is 0 Å². The maximum atomic E-state index is 6.79. The number of hydrogen-bond acceptors (Lipinski definition) is 4. The van der Waals surface area contributed by atoms with Gasteiger partial charge in [0, 0.05) is 33.6 Å². The van der Waals surface area contributed by atoms with E-state index in [2.05, 4.69) is 155 Å². The fraction of sp³-hybridized carbons (Fsp3) is 0. The summed E-state index contributed by atoms with van der Waals surface area (Å²) in [4.78, 5) is 10.5. The molecular weight excluding hydrogens is 761 g/mol. The SMILES string of the molecule is c1ccc(-c2nc(-c3ccc(-c4ccccc4)n3-c3ccccc3)c(-c3ccc(-c4oc(-c5ccccc5)nc4-c4ccc(-c5ccccc5)n4-c4ccccc4)cc3)o2)cc1. The Morgan fingerprint density at radius 3 is 0.887 bits per heavy atom. The highest BCUT2D eigenvalue weighted by atomic mass is 16.4.